The van der Waals surface area contributed by atoms with Gasteiger partial charge in [-0.1, -0.05) is 35.3 Å². The topological polar surface area (TPSA) is 79.3 Å². The van der Waals surface area contributed by atoms with Gasteiger partial charge in [0, 0.05) is 11.2 Å². The molecule has 0 unspecified atom stereocenters. The average Bonchev–Trinajstić information content (AvgIpc) is 2.66. The minimum absolute atomic E-state index is 0.199. The lowest BCUT2D eigenvalue weighted by atomic mass is 10.0. The number of halogens is 2. The van der Waals surface area contributed by atoms with Crippen molar-refractivity contribution in [2.45, 2.75) is 6.54 Å². The van der Waals surface area contributed by atoms with Crippen LogP contribution >= 0.6 is 23.2 Å². The predicted molar refractivity (Wildman–Crippen MR) is 104 cm³/mol. The van der Waals surface area contributed by atoms with Crippen molar-refractivity contribution in [2.75, 3.05) is 0 Å². The maximum absolute atomic E-state index is 12.3. The number of nitrogens with one attached hydrogen (secondary N) is 1. The van der Waals surface area contributed by atoms with Gasteiger partial charge < -0.3 is 10.4 Å². The first-order chi connectivity index (χ1) is 12.9. The molecular weight excluding hydrogens is 387 g/mol. The fraction of sp³-hybridized carbons (Fsp3) is 0.0500. The molecule has 136 valence electrons. The summed E-state index contributed by atoms with van der Waals surface area (Å²) in [5.74, 6) is -1.32. The number of rotatable bonds is 5. The molecule has 5 nitrogen and oxygen atoms in total. The lowest BCUT2D eigenvalue weighted by Gasteiger charge is -2.08. The van der Waals surface area contributed by atoms with Gasteiger partial charge in [0.2, 0.25) is 0 Å². The molecule has 3 rings (SSSR count). The normalized spacial score (nSPS) is 10.4. The maximum atomic E-state index is 12.3. The van der Waals surface area contributed by atoms with Crippen LogP contribution in [0.5, 0.6) is 0 Å². The Balaban J connectivity index is 1.75. The minimum Gasteiger partial charge on any atom is -0.478 e. The third-order valence-electron chi connectivity index (χ3n) is 3.87. The number of carbonyl (C=O) groups is 2. The van der Waals surface area contributed by atoms with E-state index in [9.17, 15) is 9.59 Å². The molecule has 0 spiro atoms. The van der Waals surface area contributed by atoms with Crippen LogP contribution in [0.3, 0.4) is 0 Å². The molecule has 0 saturated heterocycles. The van der Waals surface area contributed by atoms with Gasteiger partial charge in [0.15, 0.2) is 0 Å². The van der Waals surface area contributed by atoms with E-state index in [1.807, 2.05) is 6.07 Å². The van der Waals surface area contributed by atoms with Crippen LogP contribution in [0.15, 0.2) is 60.8 Å². The number of hydrogen-bond donors (Lipinski definition) is 2. The third-order valence-corrected chi connectivity index (χ3v) is 4.41. The summed E-state index contributed by atoms with van der Waals surface area (Å²) in [7, 11) is 0. The molecule has 0 saturated carbocycles. The summed E-state index contributed by atoms with van der Waals surface area (Å²) < 4.78 is 0. The van der Waals surface area contributed by atoms with Gasteiger partial charge in [0.05, 0.1) is 28.4 Å². The summed E-state index contributed by atoms with van der Waals surface area (Å²) in [5.41, 5.74) is 2.72. The van der Waals surface area contributed by atoms with E-state index in [-0.39, 0.29) is 23.0 Å². The van der Waals surface area contributed by atoms with Gasteiger partial charge in [-0.05, 0) is 53.6 Å². The average molecular weight is 401 g/mol. The van der Waals surface area contributed by atoms with Crippen molar-refractivity contribution >= 4 is 35.1 Å². The molecule has 0 radical (unpaired) electrons. The Hall–Kier alpha value is -2.89. The molecule has 0 aliphatic heterocycles. The van der Waals surface area contributed by atoms with Crippen LogP contribution in [-0.2, 0) is 6.54 Å². The summed E-state index contributed by atoms with van der Waals surface area (Å²) in [5, 5.41) is 12.6. The summed E-state index contributed by atoms with van der Waals surface area (Å²) in [6.45, 7) is 0.199. The summed E-state index contributed by atoms with van der Waals surface area (Å²) in [6, 6.07) is 14.9. The monoisotopic (exact) mass is 400 g/mol. The van der Waals surface area contributed by atoms with Crippen molar-refractivity contribution in [2.24, 2.45) is 0 Å². The fourth-order valence-corrected chi connectivity index (χ4v) is 3.02. The molecule has 0 bridgehead atoms. The maximum Gasteiger partial charge on any atom is 0.335 e. The predicted octanol–water partition coefficient (Wildman–Crippen LogP) is 4.68. The van der Waals surface area contributed by atoms with E-state index >= 15 is 0 Å². The number of nitrogens with zero attached hydrogens (tertiary/aromatic N) is 1. The molecule has 27 heavy (non-hydrogen) atoms. The van der Waals surface area contributed by atoms with E-state index in [0.29, 0.717) is 16.3 Å². The van der Waals surface area contributed by atoms with Gasteiger partial charge in [0.1, 0.15) is 0 Å². The zero-order valence-electron chi connectivity index (χ0n) is 13.9. The standard InChI is InChI=1S/C20H14Cl2N2O3/c21-15-4-5-17(18(22)10-15)19(25)24-11-16-9-13(6-7-23-16)12-2-1-3-14(8-12)20(26)27/h1-10H,11H2,(H,24,25)(H,26,27). The van der Waals surface area contributed by atoms with Gasteiger partial charge >= 0.3 is 5.97 Å². The number of aromatic nitrogens is 1. The van der Waals surface area contributed by atoms with Crippen LogP contribution < -0.4 is 5.32 Å². The Labute approximate surface area is 165 Å². The number of pyridine rings is 1. The molecule has 2 aromatic carbocycles. The first-order valence-corrected chi connectivity index (χ1v) is 8.71. The molecular formula is C20H14Cl2N2O3. The van der Waals surface area contributed by atoms with Gasteiger partial charge in [-0.15, -0.1) is 0 Å². The highest BCUT2D eigenvalue weighted by molar-refractivity contribution is 6.36. The highest BCUT2D eigenvalue weighted by atomic mass is 35.5. The number of aromatic carboxylic acids is 1. The molecule has 0 aliphatic carbocycles. The fourth-order valence-electron chi connectivity index (χ4n) is 2.53. The van der Waals surface area contributed by atoms with Gasteiger partial charge in [-0.25, -0.2) is 4.79 Å². The van der Waals surface area contributed by atoms with Crippen LogP contribution in [-0.4, -0.2) is 22.0 Å². The molecule has 2 N–H and O–H groups in total. The Kier molecular flexibility index (Phi) is 5.74. The summed E-state index contributed by atoms with van der Waals surface area (Å²) in [4.78, 5) is 27.7. The number of carboxylic acids is 1. The van der Waals surface area contributed by atoms with Crippen molar-refractivity contribution in [1.29, 1.82) is 0 Å². The van der Waals surface area contributed by atoms with Gasteiger partial charge in [0.25, 0.3) is 5.91 Å². The van der Waals surface area contributed by atoms with Crippen molar-refractivity contribution in [3.63, 3.8) is 0 Å². The highest BCUT2D eigenvalue weighted by Crippen LogP contribution is 2.22. The first kappa shape index (κ1) is 18.9. The largest absolute Gasteiger partial charge is 0.478 e. The van der Waals surface area contributed by atoms with E-state index in [1.165, 1.54) is 12.1 Å². The molecule has 3 aromatic rings. The summed E-state index contributed by atoms with van der Waals surface area (Å²) >= 11 is 11.9. The molecule has 0 fully saturated rings. The molecule has 1 heterocycles. The zero-order valence-corrected chi connectivity index (χ0v) is 15.5. The lowest BCUT2D eigenvalue weighted by Crippen LogP contribution is -2.23. The molecule has 7 heteroatoms. The number of carboxylic acid groups (broad SMARTS) is 1. The van der Waals surface area contributed by atoms with E-state index < -0.39 is 5.97 Å². The highest BCUT2D eigenvalue weighted by Gasteiger charge is 2.11. The van der Waals surface area contributed by atoms with Crippen LogP contribution in [0.2, 0.25) is 10.0 Å². The molecule has 1 amide bonds. The second-order valence-corrected chi connectivity index (χ2v) is 6.57. The number of benzene rings is 2. The quantitative estimate of drug-likeness (QED) is 0.651. The lowest BCUT2D eigenvalue weighted by molar-refractivity contribution is 0.0696. The van der Waals surface area contributed by atoms with E-state index in [4.69, 9.17) is 28.3 Å². The molecule has 0 aliphatic rings. The Morgan fingerprint density at radius 2 is 1.78 bits per heavy atom. The van der Waals surface area contributed by atoms with Crippen LogP contribution in [0, 0.1) is 0 Å². The number of hydrogen-bond acceptors (Lipinski definition) is 3. The third kappa shape index (κ3) is 4.64. The van der Waals surface area contributed by atoms with Gasteiger partial charge in [-0.3, -0.25) is 9.78 Å². The number of carbonyl (C=O) groups excluding carboxylic acids is 1. The van der Waals surface area contributed by atoms with E-state index in [1.54, 1.807) is 42.6 Å². The minimum atomic E-state index is -0.988. The molecule has 1 aromatic heterocycles. The second kappa shape index (κ2) is 8.20. The van der Waals surface area contributed by atoms with Crippen molar-refractivity contribution in [3.05, 3.63) is 87.7 Å². The van der Waals surface area contributed by atoms with Crippen LogP contribution in [0.4, 0.5) is 0 Å². The SMILES string of the molecule is O=C(O)c1cccc(-c2ccnc(CNC(=O)c3ccc(Cl)cc3Cl)c2)c1. The molecule has 0 atom stereocenters. The number of amides is 1. The Bertz CT molecular complexity index is 1020. The smallest absolute Gasteiger partial charge is 0.335 e. The zero-order chi connectivity index (χ0) is 19.4. The van der Waals surface area contributed by atoms with Crippen LogP contribution in [0.1, 0.15) is 26.4 Å². The van der Waals surface area contributed by atoms with Crippen molar-refractivity contribution < 1.29 is 14.7 Å². The Morgan fingerprint density at radius 1 is 1.00 bits per heavy atom. The van der Waals surface area contributed by atoms with E-state index in [2.05, 4.69) is 10.3 Å². The first-order valence-electron chi connectivity index (χ1n) is 7.96. The van der Waals surface area contributed by atoms with Crippen molar-refractivity contribution in [3.8, 4) is 11.1 Å². The van der Waals surface area contributed by atoms with Crippen molar-refractivity contribution in [1.82, 2.24) is 10.3 Å². The van der Waals surface area contributed by atoms with Gasteiger partial charge in [-0.2, -0.15) is 0 Å². The van der Waals surface area contributed by atoms with Crippen LogP contribution in [0.25, 0.3) is 11.1 Å². The Morgan fingerprint density at radius 3 is 2.52 bits per heavy atom. The van der Waals surface area contributed by atoms with E-state index in [0.717, 1.165) is 11.1 Å². The summed E-state index contributed by atoms with van der Waals surface area (Å²) in [6.07, 6.45) is 1.61. The second-order valence-electron chi connectivity index (χ2n) is 5.73.